The summed E-state index contributed by atoms with van der Waals surface area (Å²) in [6.07, 6.45) is 14.2. The van der Waals surface area contributed by atoms with Gasteiger partial charge < -0.3 is 4.74 Å². The Labute approximate surface area is 197 Å². The quantitative estimate of drug-likeness (QED) is 0.155. The molecule has 0 amide bonds. The van der Waals surface area contributed by atoms with Crippen LogP contribution in [0, 0.1) is 0 Å². The molecule has 0 aliphatic heterocycles. The van der Waals surface area contributed by atoms with Gasteiger partial charge in [0, 0.05) is 12.0 Å². The minimum atomic E-state index is -0.245. The second-order valence-corrected chi connectivity index (χ2v) is 8.34. The number of rotatable bonds is 13. The molecule has 0 aliphatic carbocycles. The fourth-order valence-corrected chi connectivity index (χ4v) is 3.69. The van der Waals surface area contributed by atoms with Crippen molar-refractivity contribution >= 4 is 5.97 Å². The minimum absolute atomic E-state index is 0.245. The van der Waals surface area contributed by atoms with Gasteiger partial charge in [-0.2, -0.15) is 0 Å². The van der Waals surface area contributed by atoms with E-state index in [1.165, 1.54) is 30.4 Å². The minimum Gasteiger partial charge on any atom is -0.423 e. The van der Waals surface area contributed by atoms with Crippen molar-refractivity contribution in [1.29, 1.82) is 0 Å². The molecule has 0 saturated carbocycles. The standard InChI is InChI=1S/C29H34N2O2/c1-3-5-7-8-10-12-28(32)33-27-21-30-29(31-22-27)26-19-17-25(18-20-26)24-15-13-23(14-16-24)11-9-6-4-2/h3,13-22H,1,4-12H2,2H3. The van der Waals surface area contributed by atoms with E-state index in [1.54, 1.807) is 12.4 Å². The Hall–Kier alpha value is -3.27. The predicted octanol–water partition coefficient (Wildman–Crippen LogP) is 7.59. The zero-order valence-corrected chi connectivity index (χ0v) is 19.6. The van der Waals surface area contributed by atoms with E-state index in [-0.39, 0.29) is 5.97 Å². The Balaban J connectivity index is 1.53. The number of esters is 1. The highest BCUT2D eigenvalue weighted by Gasteiger charge is 2.08. The van der Waals surface area contributed by atoms with Crippen LogP contribution in [-0.2, 0) is 11.2 Å². The van der Waals surface area contributed by atoms with Gasteiger partial charge >= 0.3 is 5.97 Å². The van der Waals surface area contributed by atoms with Crippen LogP contribution >= 0.6 is 0 Å². The summed E-state index contributed by atoms with van der Waals surface area (Å²) in [5.41, 5.74) is 4.69. The van der Waals surface area contributed by atoms with Crippen LogP contribution in [0.5, 0.6) is 5.75 Å². The first kappa shape index (κ1) is 24.4. The molecular weight excluding hydrogens is 408 g/mol. The Bertz CT molecular complexity index is 993. The summed E-state index contributed by atoms with van der Waals surface area (Å²) < 4.78 is 5.35. The molecule has 0 saturated heterocycles. The van der Waals surface area contributed by atoms with Crippen LogP contribution in [0.3, 0.4) is 0 Å². The van der Waals surface area contributed by atoms with E-state index in [2.05, 4.69) is 59.9 Å². The second kappa shape index (κ2) is 13.3. The van der Waals surface area contributed by atoms with Crippen LogP contribution in [0.1, 0.15) is 63.9 Å². The van der Waals surface area contributed by atoms with Crippen molar-refractivity contribution in [3.8, 4) is 28.3 Å². The summed E-state index contributed by atoms with van der Waals surface area (Å²) in [7, 11) is 0. The topological polar surface area (TPSA) is 52.1 Å². The lowest BCUT2D eigenvalue weighted by Gasteiger charge is -2.07. The number of hydrogen-bond acceptors (Lipinski definition) is 4. The second-order valence-electron chi connectivity index (χ2n) is 8.34. The third-order valence-corrected chi connectivity index (χ3v) is 5.65. The van der Waals surface area contributed by atoms with Crippen molar-refractivity contribution in [2.45, 2.75) is 64.7 Å². The van der Waals surface area contributed by atoms with Gasteiger partial charge in [-0.05, 0) is 48.8 Å². The number of aryl methyl sites for hydroxylation is 1. The maximum atomic E-state index is 12.0. The van der Waals surface area contributed by atoms with E-state index in [4.69, 9.17) is 4.74 Å². The molecule has 172 valence electrons. The van der Waals surface area contributed by atoms with Gasteiger partial charge in [-0.3, -0.25) is 4.79 Å². The van der Waals surface area contributed by atoms with Crippen LogP contribution in [0.4, 0.5) is 0 Å². The van der Waals surface area contributed by atoms with Gasteiger partial charge in [-0.1, -0.05) is 80.8 Å². The lowest BCUT2D eigenvalue weighted by Crippen LogP contribution is -2.08. The summed E-state index contributed by atoms with van der Waals surface area (Å²) in [4.78, 5) is 20.7. The van der Waals surface area contributed by atoms with Crippen molar-refractivity contribution in [3.63, 3.8) is 0 Å². The van der Waals surface area contributed by atoms with Crippen molar-refractivity contribution in [2.75, 3.05) is 0 Å². The number of carbonyl (C=O) groups is 1. The van der Waals surface area contributed by atoms with E-state index in [9.17, 15) is 4.79 Å². The number of aromatic nitrogens is 2. The van der Waals surface area contributed by atoms with Crippen molar-refractivity contribution in [2.24, 2.45) is 0 Å². The zero-order valence-electron chi connectivity index (χ0n) is 19.6. The molecule has 0 fully saturated rings. The summed E-state index contributed by atoms with van der Waals surface area (Å²) in [5.74, 6) is 0.744. The van der Waals surface area contributed by atoms with Gasteiger partial charge in [0.05, 0.1) is 12.4 Å². The first-order chi connectivity index (χ1) is 16.2. The molecule has 1 heterocycles. The monoisotopic (exact) mass is 442 g/mol. The van der Waals surface area contributed by atoms with Crippen LogP contribution in [0.2, 0.25) is 0 Å². The highest BCUT2D eigenvalue weighted by atomic mass is 16.5. The molecule has 0 spiro atoms. The number of benzene rings is 2. The largest absolute Gasteiger partial charge is 0.423 e. The van der Waals surface area contributed by atoms with Crippen molar-refractivity contribution in [1.82, 2.24) is 9.97 Å². The van der Waals surface area contributed by atoms with Gasteiger partial charge in [-0.25, -0.2) is 9.97 Å². The van der Waals surface area contributed by atoms with Crippen LogP contribution in [0.25, 0.3) is 22.5 Å². The Morgan fingerprint density at radius 2 is 1.48 bits per heavy atom. The molecule has 0 N–H and O–H groups in total. The summed E-state index contributed by atoms with van der Waals surface area (Å²) in [6.45, 7) is 5.94. The number of hydrogen-bond donors (Lipinski definition) is 0. The lowest BCUT2D eigenvalue weighted by atomic mass is 10.0. The summed E-state index contributed by atoms with van der Waals surface area (Å²) >= 11 is 0. The molecule has 3 rings (SSSR count). The smallest absolute Gasteiger partial charge is 0.311 e. The van der Waals surface area contributed by atoms with Crippen molar-refractivity contribution in [3.05, 3.63) is 79.1 Å². The number of ether oxygens (including phenoxy) is 1. The van der Waals surface area contributed by atoms with Crippen LogP contribution in [0.15, 0.2) is 73.6 Å². The molecule has 3 aromatic rings. The van der Waals surface area contributed by atoms with Crippen LogP contribution < -0.4 is 4.74 Å². The van der Waals surface area contributed by atoms with E-state index in [0.29, 0.717) is 18.0 Å². The molecule has 4 nitrogen and oxygen atoms in total. The van der Waals surface area contributed by atoms with E-state index in [0.717, 1.165) is 43.2 Å². The van der Waals surface area contributed by atoms with Crippen LogP contribution in [-0.4, -0.2) is 15.9 Å². The number of nitrogens with zero attached hydrogens (tertiary/aromatic N) is 2. The Morgan fingerprint density at radius 1 is 0.848 bits per heavy atom. The number of carbonyl (C=O) groups excluding carboxylic acids is 1. The first-order valence-corrected chi connectivity index (χ1v) is 12.0. The van der Waals surface area contributed by atoms with E-state index in [1.807, 2.05) is 18.2 Å². The molecule has 2 aromatic carbocycles. The predicted molar refractivity (Wildman–Crippen MR) is 135 cm³/mol. The third kappa shape index (κ3) is 7.98. The molecule has 0 radical (unpaired) electrons. The lowest BCUT2D eigenvalue weighted by molar-refractivity contribution is -0.134. The first-order valence-electron chi connectivity index (χ1n) is 12.0. The van der Waals surface area contributed by atoms with E-state index >= 15 is 0 Å². The van der Waals surface area contributed by atoms with Gasteiger partial charge in [-0.15, -0.1) is 6.58 Å². The molecule has 0 aliphatic rings. The summed E-state index contributed by atoms with van der Waals surface area (Å²) in [5, 5.41) is 0. The molecule has 33 heavy (non-hydrogen) atoms. The summed E-state index contributed by atoms with van der Waals surface area (Å²) in [6, 6.07) is 17.1. The fourth-order valence-electron chi connectivity index (χ4n) is 3.69. The molecule has 1 aromatic heterocycles. The number of unbranched alkanes of at least 4 members (excludes halogenated alkanes) is 5. The molecule has 0 atom stereocenters. The fraction of sp³-hybridized carbons (Fsp3) is 0.345. The SMILES string of the molecule is C=CCCCCCC(=O)Oc1cnc(-c2ccc(-c3ccc(CCCCC)cc3)cc2)nc1. The average Bonchev–Trinajstić information content (AvgIpc) is 2.85. The molecule has 0 unspecified atom stereocenters. The Morgan fingerprint density at radius 3 is 2.12 bits per heavy atom. The van der Waals surface area contributed by atoms with Gasteiger partial charge in [0.2, 0.25) is 0 Å². The van der Waals surface area contributed by atoms with Crippen molar-refractivity contribution < 1.29 is 9.53 Å². The third-order valence-electron chi connectivity index (χ3n) is 5.65. The Kier molecular flexibility index (Phi) is 9.84. The zero-order chi connectivity index (χ0) is 23.3. The maximum absolute atomic E-state index is 12.0. The molecule has 4 heteroatoms. The average molecular weight is 443 g/mol. The molecular formula is C29H34N2O2. The van der Waals surface area contributed by atoms with Gasteiger partial charge in [0.25, 0.3) is 0 Å². The van der Waals surface area contributed by atoms with Gasteiger partial charge in [0.1, 0.15) is 0 Å². The highest BCUT2D eigenvalue weighted by molar-refractivity contribution is 5.72. The van der Waals surface area contributed by atoms with E-state index < -0.39 is 0 Å². The molecule has 0 bridgehead atoms. The highest BCUT2D eigenvalue weighted by Crippen LogP contribution is 2.24. The maximum Gasteiger partial charge on any atom is 0.311 e. The normalized spacial score (nSPS) is 10.7. The number of allylic oxidation sites excluding steroid dienone is 1. The van der Waals surface area contributed by atoms with Gasteiger partial charge in [0.15, 0.2) is 11.6 Å².